The highest BCUT2D eigenvalue weighted by Gasteiger charge is 2.54. The number of methoxy groups -OCH3 is 2. The Morgan fingerprint density at radius 3 is 1.76 bits per heavy atom. The molecule has 0 spiro atoms. The maximum absolute atomic E-state index is 12.2. The number of rotatable bonds is 2. The van der Waals surface area contributed by atoms with E-state index < -0.39 is 17.4 Å². The van der Waals surface area contributed by atoms with E-state index in [0.717, 1.165) is 11.1 Å². The molecule has 0 unspecified atom stereocenters. The lowest BCUT2D eigenvalue weighted by Crippen LogP contribution is -2.38. The third-order valence-electron chi connectivity index (χ3n) is 5.25. The topological polar surface area (TPSA) is 52.6 Å². The smallest absolute Gasteiger partial charge is 0.323 e. The predicted octanol–water partition coefficient (Wildman–Crippen LogP) is 2.79. The fourth-order valence-corrected chi connectivity index (χ4v) is 4.15. The van der Waals surface area contributed by atoms with E-state index in [0.29, 0.717) is 24.7 Å². The maximum atomic E-state index is 12.2. The fraction of sp³-hybridized carbons (Fsp3) is 0.647. The van der Waals surface area contributed by atoms with Gasteiger partial charge in [-0.2, -0.15) is 0 Å². The summed E-state index contributed by atoms with van der Waals surface area (Å²) in [4.78, 5) is 24.4. The molecule has 3 rings (SSSR count). The number of esters is 2. The van der Waals surface area contributed by atoms with Crippen LogP contribution in [-0.2, 0) is 19.1 Å². The molecule has 2 fully saturated rings. The van der Waals surface area contributed by atoms with Crippen LogP contribution < -0.4 is 0 Å². The SMILES string of the molecule is COC(=O)C1(C(=O)OC)CC2=C[C@@H]3CCCC[C@@H]3C=C2C1. The number of ether oxygens (including phenoxy) is 2. The maximum Gasteiger partial charge on any atom is 0.323 e. The Kier molecular flexibility index (Phi) is 3.64. The first kappa shape index (κ1) is 14.4. The normalized spacial score (nSPS) is 29.6. The first-order valence-corrected chi connectivity index (χ1v) is 7.69. The van der Waals surface area contributed by atoms with Crippen LogP contribution in [0.25, 0.3) is 0 Å². The molecule has 0 aromatic carbocycles. The van der Waals surface area contributed by atoms with E-state index in [1.807, 2.05) is 0 Å². The molecule has 4 nitrogen and oxygen atoms in total. The van der Waals surface area contributed by atoms with Gasteiger partial charge in [0.25, 0.3) is 0 Å². The molecule has 4 heteroatoms. The molecule has 0 radical (unpaired) electrons. The average molecular weight is 290 g/mol. The van der Waals surface area contributed by atoms with Crippen LogP contribution in [0.1, 0.15) is 38.5 Å². The second-order valence-corrected chi connectivity index (χ2v) is 6.41. The largest absolute Gasteiger partial charge is 0.468 e. The number of hydrogen-bond acceptors (Lipinski definition) is 4. The summed E-state index contributed by atoms with van der Waals surface area (Å²) < 4.78 is 9.78. The Labute approximate surface area is 125 Å². The first-order chi connectivity index (χ1) is 10.1. The molecule has 0 aliphatic heterocycles. The molecule has 2 atom stereocenters. The highest BCUT2D eigenvalue weighted by atomic mass is 16.5. The standard InChI is InChI=1S/C17H22O4/c1-20-15(18)17(16(19)21-2)9-13-7-11-5-3-4-6-12(11)8-14(13)10-17/h7-8,11-12H,3-6,9-10H2,1-2H3/t11-,12+. The first-order valence-electron chi connectivity index (χ1n) is 7.69. The van der Waals surface area contributed by atoms with Crippen LogP contribution in [-0.4, -0.2) is 26.2 Å². The number of allylic oxidation sites excluding steroid dienone is 4. The molecule has 2 saturated carbocycles. The molecule has 0 bridgehead atoms. The molecule has 0 N–H and O–H groups in total. The fourth-order valence-electron chi connectivity index (χ4n) is 4.15. The van der Waals surface area contributed by atoms with Crippen LogP contribution in [0, 0.1) is 17.3 Å². The summed E-state index contributed by atoms with van der Waals surface area (Å²) >= 11 is 0. The zero-order valence-electron chi connectivity index (χ0n) is 12.7. The van der Waals surface area contributed by atoms with Crippen molar-refractivity contribution in [3.05, 3.63) is 23.3 Å². The molecular formula is C17H22O4. The van der Waals surface area contributed by atoms with Gasteiger partial charge in [-0.3, -0.25) is 9.59 Å². The third-order valence-corrected chi connectivity index (χ3v) is 5.25. The van der Waals surface area contributed by atoms with Crippen molar-refractivity contribution in [1.29, 1.82) is 0 Å². The lowest BCUT2D eigenvalue weighted by molar-refractivity contribution is -0.168. The minimum atomic E-state index is -1.17. The summed E-state index contributed by atoms with van der Waals surface area (Å²) in [5.41, 5.74) is 1.12. The highest BCUT2D eigenvalue weighted by molar-refractivity contribution is 6.02. The van der Waals surface area contributed by atoms with Crippen molar-refractivity contribution in [2.45, 2.75) is 38.5 Å². The van der Waals surface area contributed by atoms with Gasteiger partial charge in [0.15, 0.2) is 5.41 Å². The molecule has 0 aromatic rings. The molecule has 0 amide bonds. The van der Waals surface area contributed by atoms with Gasteiger partial charge in [0, 0.05) is 0 Å². The second-order valence-electron chi connectivity index (χ2n) is 6.41. The quantitative estimate of drug-likeness (QED) is 0.579. The number of fused-ring (bicyclic) bond motifs is 2. The summed E-state index contributed by atoms with van der Waals surface area (Å²) in [5.74, 6) is 0.189. The summed E-state index contributed by atoms with van der Waals surface area (Å²) in [7, 11) is 2.66. The summed E-state index contributed by atoms with van der Waals surface area (Å²) in [6, 6.07) is 0. The molecule has 0 aromatic heterocycles. The van der Waals surface area contributed by atoms with Crippen molar-refractivity contribution in [2.24, 2.45) is 17.3 Å². The zero-order chi connectivity index (χ0) is 15.0. The number of carbonyl (C=O) groups excluding carboxylic acids is 2. The van der Waals surface area contributed by atoms with Crippen molar-refractivity contribution in [2.75, 3.05) is 14.2 Å². The average Bonchev–Trinajstić information content (AvgIpc) is 2.90. The number of hydrogen-bond donors (Lipinski definition) is 0. The molecule has 3 aliphatic carbocycles. The molecule has 114 valence electrons. The predicted molar refractivity (Wildman–Crippen MR) is 77.3 cm³/mol. The van der Waals surface area contributed by atoms with Crippen LogP contribution in [0.2, 0.25) is 0 Å². The van der Waals surface area contributed by atoms with Gasteiger partial charge in [-0.05, 0) is 48.7 Å². The van der Waals surface area contributed by atoms with Crippen LogP contribution in [0.5, 0.6) is 0 Å². The van der Waals surface area contributed by atoms with E-state index in [1.54, 1.807) is 0 Å². The van der Waals surface area contributed by atoms with E-state index in [1.165, 1.54) is 39.9 Å². The van der Waals surface area contributed by atoms with E-state index in [4.69, 9.17) is 9.47 Å². The molecule has 21 heavy (non-hydrogen) atoms. The zero-order valence-corrected chi connectivity index (χ0v) is 12.7. The van der Waals surface area contributed by atoms with Crippen LogP contribution in [0.4, 0.5) is 0 Å². The van der Waals surface area contributed by atoms with E-state index in [2.05, 4.69) is 12.2 Å². The van der Waals surface area contributed by atoms with Crippen LogP contribution >= 0.6 is 0 Å². The number of carbonyl (C=O) groups is 2. The third kappa shape index (κ3) is 2.21. The van der Waals surface area contributed by atoms with Gasteiger partial charge in [0.05, 0.1) is 14.2 Å². The van der Waals surface area contributed by atoms with Gasteiger partial charge in [0.1, 0.15) is 0 Å². The van der Waals surface area contributed by atoms with E-state index in [-0.39, 0.29) is 0 Å². The summed E-state index contributed by atoms with van der Waals surface area (Å²) in [5, 5.41) is 0. The van der Waals surface area contributed by atoms with Crippen molar-refractivity contribution in [3.8, 4) is 0 Å². The van der Waals surface area contributed by atoms with Gasteiger partial charge >= 0.3 is 11.9 Å². The van der Waals surface area contributed by atoms with Gasteiger partial charge in [-0.1, -0.05) is 25.0 Å². The Bertz CT molecular complexity index is 481. The molecule has 3 aliphatic rings. The van der Waals surface area contributed by atoms with Gasteiger partial charge < -0.3 is 9.47 Å². The lowest BCUT2D eigenvalue weighted by Gasteiger charge is -2.31. The van der Waals surface area contributed by atoms with Crippen molar-refractivity contribution in [3.63, 3.8) is 0 Å². The van der Waals surface area contributed by atoms with E-state index >= 15 is 0 Å². The minimum Gasteiger partial charge on any atom is -0.468 e. The monoisotopic (exact) mass is 290 g/mol. The molecule has 0 saturated heterocycles. The highest BCUT2D eigenvalue weighted by Crippen LogP contribution is 2.51. The van der Waals surface area contributed by atoms with Crippen molar-refractivity contribution >= 4 is 11.9 Å². The summed E-state index contributed by atoms with van der Waals surface area (Å²) in [6.45, 7) is 0. The summed E-state index contributed by atoms with van der Waals surface area (Å²) in [6.07, 6.45) is 10.4. The molecule has 0 heterocycles. The van der Waals surface area contributed by atoms with Crippen molar-refractivity contribution in [1.82, 2.24) is 0 Å². The second kappa shape index (κ2) is 5.32. The van der Waals surface area contributed by atoms with Gasteiger partial charge in [-0.25, -0.2) is 0 Å². The van der Waals surface area contributed by atoms with E-state index in [9.17, 15) is 9.59 Å². The van der Waals surface area contributed by atoms with Crippen LogP contribution in [0.3, 0.4) is 0 Å². The van der Waals surface area contributed by atoms with Gasteiger partial charge in [-0.15, -0.1) is 0 Å². The van der Waals surface area contributed by atoms with Crippen molar-refractivity contribution < 1.29 is 19.1 Å². The molecular weight excluding hydrogens is 268 g/mol. The lowest BCUT2D eigenvalue weighted by atomic mass is 9.74. The Morgan fingerprint density at radius 1 is 0.952 bits per heavy atom. The Morgan fingerprint density at radius 2 is 1.38 bits per heavy atom. The Hall–Kier alpha value is -1.58. The Balaban J connectivity index is 1.95. The minimum absolute atomic E-state index is 0.418. The van der Waals surface area contributed by atoms with Crippen LogP contribution in [0.15, 0.2) is 23.3 Å². The van der Waals surface area contributed by atoms with Gasteiger partial charge in [0.2, 0.25) is 0 Å².